The largest absolute Gasteiger partial charge is 0.383 e. The summed E-state index contributed by atoms with van der Waals surface area (Å²) in [6, 6.07) is 6.63. The van der Waals surface area contributed by atoms with Gasteiger partial charge in [-0.1, -0.05) is 12.1 Å². The van der Waals surface area contributed by atoms with E-state index in [1.54, 1.807) is 30.0 Å². The van der Waals surface area contributed by atoms with Gasteiger partial charge in [0.25, 0.3) is 0 Å². The van der Waals surface area contributed by atoms with Crippen LogP contribution in [0.25, 0.3) is 0 Å². The summed E-state index contributed by atoms with van der Waals surface area (Å²) in [7, 11) is -3.64. The molecule has 0 aliphatic heterocycles. The molecule has 0 aromatic heterocycles. The lowest BCUT2D eigenvalue weighted by Crippen LogP contribution is -2.15. The van der Waals surface area contributed by atoms with E-state index in [2.05, 4.69) is 5.32 Å². The molecule has 0 aliphatic rings. The van der Waals surface area contributed by atoms with E-state index in [4.69, 9.17) is 5.14 Å². The summed E-state index contributed by atoms with van der Waals surface area (Å²) >= 11 is 1.69. The van der Waals surface area contributed by atoms with Crippen LogP contribution < -0.4 is 10.5 Å². The zero-order valence-corrected chi connectivity index (χ0v) is 10.1. The van der Waals surface area contributed by atoms with Gasteiger partial charge in [-0.15, -0.1) is 0 Å². The van der Waals surface area contributed by atoms with Crippen LogP contribution in [-0.2, 0) is 10.0 Å². The molecule has 0 amide bonds. The second kappa shape index (κ2) is 5.39. The van der Waals surface area contributed by atoms with Crippen LogP contribution in [0.15, 0.2) is 29.2 Å². The first-order valence-electron chi connectivity index (χ1n) is 4.40. The molecule has 0 atom stereocenters. The lowest BCUT2D eigenvalue weighted by Gasteiger charge is -2.09. The minimum atomic E-state index is -3.64. The molecule has 0 aliphatic carbocycles. The van der Waals surface area contributed by atoms with Gasteiger partial charge in [0, 0.05) is 12.3 Å². The molecule has 0 unspecified atom stereocenters. The molecular formula is C9H14N2O2S2. The van der Waals surface area contributed by atoms with Crippen molar-refractivity contribution < 1.29 is 8.42 Å². The van der Waals surface area contributed by atoms with Gasteiger partial charge in [-0.2, -0.15) is 11.8 Å². The van der Waals surface area contributed by atoms with Crippen LogP contribution >= 0.6 is 11.8 Å². The fourth-order valence-electron chi connectivity index (χ4n) is 1.15. The second-order valence-electron chi connectivity index (χ2n) is 2.96. The normalized spacial score (nSPS) is 11.3. The number of anilines is 1. The van der Waals surface area contributed by atoms with Gasteiger partial charge in [0.15, 0.2) is 0 Å². The molecule has 0 saturated heterocycles. The van der Waals surface area contributed by atoms with Crippen molar-refractivity contribution in [2.75, 3.05) is 23.9 Å². The number of rotatable bonds is 5. The molecule has 1 aromatic carbocycles. The van der Waals surface area contributed by atoms with Crippen molar-refractivity contribution in [3.8, 4) is 0 Å². The van der Waals surface area contributed by atoms with Crippen molar-refractivity contribution in [2.45, 2.75) is 4.90 Å². The van der Waals surface area contributed by atoms with Crippen LogP contribution in [0.4, 0.5) is 5.69 Å². The monoisotopic (exact) mass is 246 g/mol. The van der Waals surface area contributed by atoms with Crippen LogP contribution in [0.1, 0.15) is 0 Å². The quantitative estimate of drug-likeness (QED) is 0.763. The van der Waals surface area contributed by atoms with Gasteiger partial charge in [0.05, 0.1) is 5.69 Å². The Morgan fingerprint density at radius 1 is 1.40 bits per heavy atom. The Kier molecular flexibility index (Phi) is 4.44. The van der Waals surface area contributed by atoms with Crippen molar-refractivity contribution in [1.29, 1.82) is 0 Å². The first kappa shape index (κ1) is 12.4. The van der Waals surface area contributed by atoms with Crippen molar-refractivity contribution in [1.82, 2.24) is 0 Å². The molecule has 0 heterocycles. The van der Waals surface area contributed by atoms with Crippen LogP contribution in [0.2, 0.25) is 0 Å². The Balaban J connectivity index is 2.88. The summed E-state index contributed by atoms with van der Waals surface area (Å²) in [5.41, 5.74) is 0.564. The third-order valence-corrected chi connectivity index (χ3v) is 3.40. The summed E-state index contributed by atoms with van der Waals surface area (Å²) in [6.07, 6.45) is 1.99. The van der Waals surface area contributed by atoms with E-state index < -0.39 is 10.0 Å². The highest BCUT2D eigenvalue weighted by Gasteiger charge is 2.12. The van der Waals surface area contributed by atoms with Gasteiger partial charge < -0.3 is 5.32 Å². The molecule has 1 aromatic rings. The molecule has 0 bridgehead atoms. The Hall–Kier alpha value is -0.720. The first-order valence-corrected chi connectivity index (χ1v) is 7.34. The fourth-order valence-corrected chi connectivity index (χ4v) is 2.17. The Labute approximate surface area is 94.3 Å². The smallest absolute Gasteiger partial charge is 0.240 e. The third-order valence-electron chi connectivity index (χ3n) is 1.82. The predicted molar refractivity (Wildman–Crippen MR) is 64.7 cm³/mol. The highest BCUT2D eigenvalue weighted by atomic mass is 32.2. The number of nitrogens with one attached hydrogen (secondary N) is 1. The zero-order chi connectivity index (χ0) is 11.3. The molecule has 0 fully saturated rings. The molecule has 0 radical (unpaired) electrons. The molecule has 15 heavy (non-hydrogen) atoms. The molecule has 84 valence electrons. The molecule has 4 nitrogen and oxygen atoms in total. The molecule has 1 rings (SSSR count). The number of thioether (sulfide) groups is 1. The van der Waals surface area contributed by atoms with E-state index >= 15 is 0 Å². The highest BCUT2D eigenvalue weighted by molar-refractivity contribution is 7.98. The summed E-state index contributed by atoms with van der Waals surface area (Å²) < 4.78 is 22.4. The number of sulfonamides is 1. The highest BCUT2D eigenvalue weighted by Crippen LogP contribution is 2.18. The third kappa shape index (κ3) is 3.73. The van der Waals surface area contributed by atoms with Crippen LogP contribution in [-0.4, -0.2) is 27.0 Å². The van der Waals surface area contributed by atoms with Crippen molar-refractivity contribution in [3.63, 3.8) is 0 Å². The van der Waals surface area contributed by atoms with Crippen molar-refractivity contribution in [2.24, 2.45) is 5.14 Å². The van der Waals surface area contributed by atoms with Crippen LogP contribution in [0.3, 0.4) is 0 Å². The van der Waals surface area contributed by atoms with E-state index in [0.717, 1.165) is 5.75 Å². The van der Waals surface area contributed by atoms with E-state index in [9.17, 15) is 8.42 Å². The van der Waals surface area contributed by atoms with E-state index in [1.165, 1.54) is 6.07 Å². The maximum absolute atomic E-state index is 11.2. The fraction of sp³-hybridized carbons (Fsp3) is 0.333. The topological polar surface area (TPSA) is 72.2 Å². The van der Waals surface area contributed by atoms with Crippen LogP contribution in [0.5, 0.6) is 0 Å². The van der Waals surface area contributed by atoms with E-state index in [1.807, 2.05) is 6.26 Å². The molecule has 6 heteroatoms. The number of primary sulfonamides is 1. The SMILES string of the molecule is CSCCNc1ccccc1S(N)(=O)=O. The minimum Gasteiger partial charge on any atom is -0.383 e. The lowest BCUT2D eigenvalue weighted by molar-refractivity contribution is 0.598. The Bertz CT molecular complexity index is 418. The maximum atomic E-state index is 11.2. The number of hydrogen-bond acceptors (Lipinski definition) is 4. The van der Waals surface area contributed by atoms with Gasteiger partial charge in [-0.05, 0) is 18.4 Å². The van der Waals surface area contributed by atoms with Gasteiger partial charge >= 0.3 is 0 Å². The average molecular weight is 246 g/mol. The van der Waals surface area contributed by atoms with Crippen LogP contribution in [0, 0.1) is 0 Å². The van der Waals surface area contributed by atoms with Crippen molar-refractivity contribution in [3.05, 3.63) is 24.3 Å². The second-order valence-corrected chi connectivity index (χ2v) is 5.48. The maximum Gasteiger partial charge on any atom is 0.240 e. The van der Waals surface area contributed by atoms with E-state index in [-0.39, 0.29) is 4.90 Å². The average Bonchev–Trinajstić information content (AvgIpc) is 2.17. The summed E-state index contributed by atoms with van der Waals surface area (Å²) in [5, 5.41) is 8.13. The molecule has 0 saturated carbocycles. The number of hydrogen-bond donors (Lipinski definition) is 2. The number of para-hydroxylation sites is 1. The zero-order valence-electron chi connectivity index (χ0n) is 8.43. The number of nitrogens with two attached hydrogens (primary N) is 1. The Morgan fingerprint density at radius 3 is 2.67 bits per heavy atom. The summed E-state index contributed by atoms with van der Waals surface area (Å²) in [4.78, 5) is 0.145. The lowest BCUT2D eigenvalue weighted by atomic mass is 10.3. The molecule has 3 N–H and O–H groups in total. The number of benzene rings is 1. The van der Waals surface area contributed by atoms with Gasteiger partial charge in [-0.25, -0.2) is 13.6 Å². The molecule has 0 spiro atoms. The summed E-state index contributed by atoms with van der Waals surface area (Å²) in [5.74, 6) is 0.916. The summed E-state index contributed by atoms with van der Waals surface area (Å²) in [6.45, 7) is 0.716. The van der Waals surface area contributed by atoms with Gasteiger partial charge in [-0.3, -0.25) is 0 Å². The Morgan fingerprint density at radius 2 is 2.07 bits per heavy atom. The van der Waals surface area contributed by atoms with Crippen molar-refractivity contribution >= 4 is 27.5 Å². The van der Waals surface area contributed by atoms with Gasteiger partial charge in [0.2, 0.25) is 10.0 Å². The standard InChI is InChI=1S/C9H14N2O2S2/c1-14-7-6-11-8-4-2-3-5-9(8)15(10,12)13/h2-5,11H,6-7H2,1H3,(H2,10,12,13). The van der Waals surface area contributed by atoms with Gasteiger partial charge in [0.1, 0.15) is 4.90 Å². The first-order chi connectivity index (χ1) is 7.05. The van der Waals surface area contributed by atoms with E-state index in [0.29, 0.717) is 12.2 Å². The minimum absolute atomic E-state index is 0.145. The predicted octanol–water partition coefficient (Wildman–Crippen LogP) is 1.11. The molecular weight excluding hydrogens is 232 g/mol.